The molecule has 0 saturated heterocycles. The molecule has 0 aliphatic heterocycles. The van der Waals surface area contributed by atoms with Gasteiger partial charge in [-0.25, -0.2) is 0 Å². The summed E-state index contributed by atoms with van der Waals surface area (Å²) in [5, 5.41) is 3.00. The number of aryl methyl sites for hydroxylation is 1. The fourth-order valence-electron chi connectivity index (χ4n) is 3.43. The van der Waals surface area contributed by atoms with Crippen molar-refractivity contribution in [2.45, 2.75) is 63.9 Å². The van der Waals surface area contributed by atoms with Gasteiger partial charge in [0.25, 0.3) is 0 Å². The number of carbonyl (C=O) groups is 2. The van der Waals surface area contributed by atoms with Crippen molar-refractivity contribution in [3.63, 3.8) is 0 Å². The lowest BCUT2D eigenvalue weighted by Gasteiger charge is -2.31. The third kappa shape index (κ3) is 8.23. The van der Waals surface area contributed by atoms with Crippen LogP contribution >= 0.6 is 11.8 Å². The topological polar surface area (TPSA) is 58.6 Å². The van der Waals surface area contributed by atoms with Crippen LogP contribution in [0.15, 0.2) is 53.4 Å². The van der Waals surface area contributed by atoms with Crippen molar-refractivity contribution in [3.05, 3.63) is 59.7 Å². The molecule has 0 bridgehead atoms. The number of nitrogens with one attached hydrogen (secondary N) is 1. The van der Waals surface area contributed by atoms with Gasteiger partial charge in [-0.05, 0) is 49.6 Å². The molecular formula is C26H36N2O3S. The van der Waals surface area contributed by atoms with E-state index in [0.717, 1.165) is 29.1 Å². The summed E-state index contributed by atoms with van der Waals surface area (Å²) in [4.78, 5) is 29.1. The zero-order valence-corrected chi connectivity index (χ0v) is 20.5. The number of carbonyl (C=O) groups excluding carboxylic acids is 2. The van der Waals surface area contributed by atoms with E-state index in [1.165, 1.54) is 5.56 Å². The van der Waals surface area contributed by atoms with E-state index in [1.807, 2.05) is 31.2 Å². The van der Waals surface area contributed by atoms with E-state index >= 15 is 0 Å². The average molecular weight is 457 g/mol. The van der Waals surface area contributed by atoms with E-state index in [9.17, 15) is 9.59 Å². The van der Waals surface area contributed by atoms with Crippen molar-refractivity contribution in [3.8, 4) is 5.75 Å². The van der Waals surface area contributed by atoms with Gasteiger partial charge in [-0.2, -0.15) is 0 Å². The van der Waals surface area contributed by atoms with Gasteiger partial charge in [-0.3, -0.25) is 9.59 Å². The molecule has 2 amide bonds. The maximum Gasteiger partial charge on any atom is 0.242 e. The minimum Gasteiger partial charge on any atom is -0.497 e. The summed E-state index contributed by atoms with van der Waals surface area (Å²) in [7, 11) is 1.63. The summed E-state index contributed by atoms with van der Waals surface area (Å²) >= 11 is 1.66. The van der Waals surface area contributed by atoms with Gasteiger partial charge in [-0.15, -0.1) is 11.8 Å². The molecule has 0 unspecified atom stereocenters. The van der Waals surface area contributed by atoms with Gasteiger partial charge in [0.1, 0.15) is 11.8 Å². The highest BCUT2D eigenvalue weighted by molar-refractivity contribution is 7.99. The van der Waals surface area contributed by atoms with Crippen molar-refractivity contribution < 1.29 is 14.3 Å². The Morgan fingerprint density at radius 2 is 1.88 bits per heavy atom. The Hall–Kier alpha value is -2.47. The van der Waals surface area contributed by atoms with Crippen LogP contribution in [0.4, 0.5) is 0 Å². The molecule has 1 atom stereocenters. The number of rotatable bonds is 13. The van der Waals surface area contributed by atoms with Crippen LogP contribution in [0, 0.1) is 6.92 Å². The fourth-order valence-corrected chi connectivity index (χ4v) is 4.27. The maximum atomic E-state index is 13.3. The lowest BCUT2D eigenvalue weighted by atomic mass is 10.1. The Labute approximate surface area is 196 Å². The van der Waals surface area contributed by atoms with Crippen molar-refractivity contribution in [2.75, 3.05) is 19.4 Å². The van der Waals surface area contributed by atoms with Gasteiger partial charge in [0, 0.05) is 30.2 Å². The molecule has 0 aromatic heterocycles. The molecule has 0 aliphatic carbocycles. The van der Waals surface area contributed by atoms with Crippen molar-refractivity contribution in [2.24, 2.45) is 0 Å². The van der Waals surface area contributed by atoms with E-state index in [0.29, 0.717) is 31.7 Å². The normalized spacial score (nSPS) is 11.6. The number of unbranched alkanes of at least 4 members (excludes halogenated alkanes) is 1. The number of benzene rings is 2. The molecule has 0 saturated carbocycles. The quantitative estimate of drug-likeness (QED) is 0.332. The third-order valence-corrected chi connectivity index (χ3v) is 6.32. The Balaban J connectivity index is 2.12. The Bertz CT molecular complexity index is 854. The van der Waals surface area contributed by atoms with Gasteiger partial charge >= 0.3 is 0 Å². The minimum atomic E-state index is -0.491. The third-order valence-electron chi connectivity index (χ3n) is 5.31. The van der Waals surface area contributed by atoms with Crippen LogP contribution in [0.2, 0.25) is 0 Å². The molecular weight excluding hydrogens is 420 g/mol. The van der Waals surface area contributed by atoms with Crippen LogP contribution in [0.25, 0.3) is 0 Å². The molecule has 6 heteroatoms. The summed E-state index contributed by atoms with van der Waals surface area (Å²) in [6.07, 6.45) is 2.89. The van der Waals surface area contributed by atoms with Crippen LogP contribution in [-0.2, 0) is 16.1 Å². The van der Waals surface area contributed by atoms with Crippen LogP contribution in [-0.4, -0.2) is 42.2 Å². The van der Waals surface area contributed by atoms with Gasteiger partial charge in [0.2, 0.25) is 11.8 Å². The van der Waals surface area contributed by atoms with Crippen LogP contribution < -0.4 is 10.1 Å². The number of nitrogens with zero attached hydrogens (tertiary/aromatic N) is 1. The summed E-state index contributed by atoms with van der Waals surface area (Å²) < 4.78 is 5.33. The maximum absolute atomic E-state index is 13.3. The average Bonchev–Trinajstić information content (AvgIpc) is 2.80. The zero-order valence-electron chi connectivity index (χ0n) is 19.7. The molecule has 0 fully saturated rings. The predicted molar refractivity (Wildman–Crippen MR) is 132 cm³/mol. The Morgan fingerprint density at radius 1 is 1.12 bits per heavy atom. The van der Waals surface area contributed by atoms with E-state index in [1.54, 1.807) is 23.8 Å². The fraction of sp³-hybridized carbons (Fsp3) is 0.462. The minimum absolute atomic E-state index is 0.00933. The second-order valence-electron chi connectivity index (χ2n) is 7.85. The first kappa shape index (κ1) is 25.8. The SMILES string of the molecule is CCCCNC(=O)[C@@H](CC)N(Cc1cccc(OC)c1)C(=O)CCSc1ccc(C)cc1. The van der Waals surface area contributed by atoms with Crippen molar-refractivity contribution in [1.82, 2.24) is 10.2 Å². The molecule has 5 nitrogen and oxygen atoms in total. The zero-order chi connectivity index (χ0) is 23.3. The van der Waals surface area contributed by atoms with Crippen LogP contribution in [0.3, 0.4) is 0 Å². The van der Waals surface area contributed by atoms with Crippen LogP contribution in [0.5, 0.6) is 5.75 Å². The molecule has 0 aliphatic rings. The molecule has 32 heavy (non-hydrogen) atoms. The molecule has 0 radical (unpaired) electrons. The second kappa shape index (κ2) is 13.8. The smallest absolute Gasteiger partial charge is 0.242 e. The van der Waals surface area contributed by atoms with Gasteiger partial charge < -0.3 is 15.0 Å². The highest BCUT2D eigenvalue weighted by atomic mass is 32.2. The second-order valence-corrected chi connectivity index (χ2v) is 9.02. The van der Waals surface area contributed by atoms with E-state index in [2.05, 4.69) is 43.4 Å². The highest BCUT2D eigenvalue weighted by Crippen LogP contribution is 2.22. The summed E-state index contributed by atoms with van der Waals surface area (Å²) in [6, 6.07) is 15.5. The van der Waals surface area contributed by atoms with Crippen LogP contribution in [0.1, 0.15) is 50.7 Å². The van der Waals surface area contributed by atoms with Gasteiger partial charge in [0.05, 0.1) is 7.11 Å². The standard InChI is InChI=1S/C26H36N2O3S/c1-5-7-16-27-26(30)24(6-2)28(19-21-9-8-10-22(18-21)31-4)25(29)15-17-32-23-13-11-20(3)12-14-23/h8-14,18,24H,5-7,15-17,19H2,1-4H3,(H,27,30)/t24-/m1/s1. The lowest BCUT2D eigenvalue weighted by Crippen LogP contribution is -2.49. The molecule has 174 valence electrons. The Morgan fingerprint density at radius 3 is 2.53 bits per heavy atom. The molecule has 0 heterocycles. The first-order valence-electron chi connectivity index (χ1n) is 11.4. The molecule has 2 aromatic rings. The van der Waals surface area contributed by atoms with Gasteiger partial charge in [-0.1, -0.05) is 50.1 Å². The molecule has 2 rings (SSSR count). The summed E-state index contributed by atoms with van der Waals surface area (Å²) in [5.41, 5.74) is 2.17. The summed E-state index contributed by atoms with van der Waals surface area (Å²) in [6.45, 7) is 7.12. The number of ether oxygens (including phenoxy) is 1. The van der Waals surface area contributed by atoms with E-state index in [4.69, 9.17) is 4.74 Å². The number of methoxy groups -OCH3 is 1. The van der Waals surface area contributed by atoms with Crippen molar-refractivity contribution in [1.29, 1.82) is 0 Å². The highest BCUT2D eigenvalue weighted by Gasteiger charge is 2.28. The predicted octanol–water partition coefficient (Wildman–Crippen LogP) is 5.21. The lowest BCUT2D eigenvalue weighted by molar-refractivity contribution is -0.141. The number of hydrogen-bond donors (Lipinski definition) is 1. The van der Waals surface area contributed by atoms with Crippen molar-refractivity contribution >= 4 is 23.6 Å². The Kier molecular flexibility index (Phi) is 11.2. The first-order chi connectivity index (χ1) is 15.5. The summed E-state index contributed by atoms with van der Waals surface area (Å²) in [5.74, 6) is 1.32. The monoisotopic (exact) mass is 456 g/mol. The molecule has 2 aromatic carbocycles. The molecule has 1 N–H and O–H groups in total. The van der Waals surface area contributed by atoms with Gasteiger partial charge in [0.15, 0.2) is 0 Å². The number of hydrogen-bond acceptors (Lipinski definition) is 4. The molecule has 0 spiro atoms. The number of thioether (sulfide) groups is 1. The number of amides is 2. The largest absolute Gasteiger partial charge is 0.497 e. The first-order valence-corrected chi connectivity index (χ1v) is 12.4. The van der Waals surface area contributed by atoms with E-state index in [-0.39, 0.29) is 11.8 Å². The van der Waals surface area contributed by atoms with E-state index < -0.39 is 6.04 Å².